The van der Waals surface area contributed by atoms with Crippen LogP contribution in [0.15, 0.2) is 40.9 Å². The Labute approximate surface area is 122 Å². The predicted octanol–water partition coefficient (Wildman–Crippen LogP) is 3.92. The first-order valence-electron chi connectivity index (χ1n) is 6.26. The van der Waals surface area contributed by atoms with E-state index < -0.39 is 6.10 Å². The average molecular weight is 320 g/mol. The van der Waals surface area contributed by atoms with Crippen LogP contribution in [-0.4, -0.2) is 5.11 Å². The van der Waals surface area contributed by atoms with Crippen molar-refractivity contribution in [3.63, 3.8) is 0 Å². The Morgan fingerprint density at radius 2 is 1.74 bits per heavy atom. The number of anilines is 1. The second-order valence-corrected chi connectivity index (χ2v) is 5.90. The number of nitrogen functional groups attached to an aromatic ring is 1. The van der Waals surface area contributed by atoms with E-state index in [1.54, 1.807) is 0 Å². The molecule has 3 N–H and O–H groups in total. The van der Waals surface area contributed by atoms with E-state index >= 15 is 0 Å². The highest BCUT2D eigenvalue weighted by atomic mass is 79.9. The lowest BCUT2D eigenvalue weighted by Crippen LogP contribution is -2.05. The van der Waals surface area contributed by atoms with E-state index in [1.165, 1.54) is 11.1 Å². The van der Waals surface area contributed by atoms with Gasteiger partial charge in [0.15, 0.2) is 0 Å². The zero-order valence-electron chi connectivity index (χ0n) is 11.2. The Morgan fingerprint density at radius 1 is 1.11 bits per heavy atom. The summed E-state index contributed by atoms with van der Waals surface area (Å²) in [6.45, 7) is 4.13. The highest BCUT2D eigenvalue weighted by Crippen LogP contribution is 2.27. The fraction of sp³-hybridized carbons (Fsp3) is 0.250. The topological polar surface area (TPSA) is 46.2 Å². The number of halogens is 1. The molecule has 2 aromatic carbocycles. The largest absolute Gasteiger partial charge is 0.398 e. The molecule has 19 heavy (non-hydrogen) atoms. The molecule has 1 atom stereocenters. The second-order valence-electron chi connectivity index (χ2n) is 4.99. The van der Waals surface area contributed by atoms with E-state index in [9.17, 15) is 5.11 Å². The van der Waals surface area contributed by atoms with Gasteiger partial charge < -0.3 is 10.8 Å². The number of benzene rings is 2. The highest BCUT2D eigenvalue weighted by Gasteiger charge is 2.12. The van der Waals surface area contributed by atoms with Gasteiger partial charge in [0, 0.05) is 22.1 Å². The molecule has 0 aromatic heterocycles. The molecule has 1 unspecified atom stereocenters. The molecule has 0 aliphatic rings. The molecule has 3 heteroatoms. The third-order valence-corrected chi connectivity index (χ3v) is 3.61. The Balaban J connectivity index is 2.25. The van der Waals surface area contributed by atoms with Crippen molar-refractivity contribution in [2.75, 3.05) is 5.73 Å². The predicted molar refractivity (Wildman–Crippen MR) is 83.1 cm³/mol. The van der Waals surface area contributed by atoms with Crippen LogP contribution in [0.1, 0.15) is 28.4 Å². The van der Waals surface area contributed by atoms with Crippen molar-refractivity contribution in [3.8, 4) is 0 Å². The minimum Gasteiger partial charge on any atom is -0.398 e. The first-order chi connectivity index (χ1) is 8.95. The molecule has 2 nitrogen and oxygen atoms in total. The van der Waals surface area contributed by atoms with Gasteiger partial charge >= 0.3 is 0 Å². The maximum absolute atomic E-state index is 10.4. The van der Waals surface area contributed by atoms with Crippen LogP contribution in [0.5, 0.6) is 0 Å². The lowest BCUT2D eigenvalue weighted by molar-refractivity contribution is 0.179. The van der Waals surface area contributed by atoms with Gasteiger partial charge in [-0.1, -0.05) is 45.3 Å². The fourth-order valence-electron chi connectivity index (χ4n) is 2.35. The smallest absolute Gasteiger partial charge is 0.0850 e. The van der Waals surface area contributed by atoms with Gasteiger partial charge in [0.2, 0.25) is 0 Å². The van der Waals surface area contributed by atoms with Gasteiger partial charge in [0.1, 0.15) is 0 Å². The molecule has 0 saturated heterocycles. The van der Waals surface area contributed by atoms with Crippen LogP contribution in [0.4, 0.5) is 5.69 Å². The minimum atomic E-state index is -0.585. The van der Waals surface area contributed by atoms with Gasteiger partial charge in [-0.15, -0.1) is 0 Å². The van der Waals surface area contributed by atoms with Gasteiger partial charge in [0.25, 0.3) is 0 Å². The molecule has 0 spiro atoms. The lowest BCUT2D eigenvalue weighted by atomic mass is 9.98. The van der Waals surface area contributed by atoms with Crippen LogP contribution < -0.4 is 5.73 Å². The number of nitrogens with two attached hydrogens (primary N) is 1. The molecule has 0 bridgehead atoms. The maximum atomic E-state index is 10.4. The average Bonchev–Trinajstić information content (AvgIpc) is 2.30. The molecule has 2 aromatic rings. The number of rotatable bonds is 3. The summed E-state index contributed by atoms with van der Waals surface area (Å²) in [5, 5.41) is 10.4. The van der Waals surface area contributed by atoms with Crippen molar-refractivity contribution in [1.29, 1.82) is 0 Å². The van der Waals surface area contributed by atoms with Crippen molar-refractivity contribution >= 4 is 21.6 Å². The van der Waals surface area contributed by atoms with Gasteiger partial charge in [-0.3, -0.25) is 0 Å². The molecule has 0 fully saturated rings. The third kappa shape index (κ3) is 3.58. The number of aryl methyl sites for hydroxylation is 2. The van der Waals surface area contributed by atoms with Crippen LogP contribution in [0.3, 0.4) is 0 Å². The van der Waals surface area contributed by atoms with E-state index in [1.807, 2.05) is 18.2 Å². The summed E-state index contributed by atoms with van der Waals surface area (Å²) in [5.74, 6) is 0. The Morgan fingerprint density at radius 3 is 2.37 bits per heavy atom. The van der Waals surface area contributed by atoms with Crippen molar-refractivity contribution in [1.82, 2.24) is 0 Å². The second kappa shape index (κ2) is 5.76. The monoisotopic (exact) mass is 319 g/mol. The van der Waals surface area contributed by atoms with Gasteiger partial charge in [0.05, 0.1) is 6.10 Å². The van der Waals surface area contributed by atoms with Gasteiger partial charge in [-0.2, -0.15) is 0 Å². The molecule has 0 aliphatic heterocycles. The highest BCUT2D eigenvalue weighted by molar-refractivity contribution is 9.10. The summed E-state index contributed by atoms with van der Waals surface area (Å²) in [5.41, 5.74) is 10.9. The normalized spacial score (nSPS) is 12.4. The first-order valence-corrected chi connectivity index (χ1v) is 7.05. The fourth-order valence-corrected chi connectivity index (χ4v) is 2.73. The summed E-state index contributed by atoms with van der Waals surface area (Å²) < 4.78 is 0.927. The summed E-state index contributed by atoms with van der Waals surface area (Å²) in [6.07, 6.45) is -0.0119. The van der Waals surface area contributed by atoms with E-state index in [2.05, 4.69) is 48.0 Å². The standard InChI is InChI=1S/C16H18BrNO/c1-10-5-11(2)7-12(6-10)8-16(19)14-9-13(17)3-4-15(14)18/h3-7,9,16,19H,8,18H2,1-2H3. The van der Waals surface area contributed by atoms with Crippen LogP contribution in [-0.2, 0) is 6.42 Å². The SMILES string of the molecule is Cc1cc(C)cc(CC(O)c2cc(Br)ccc2N)c1. The van der Waals surface area contributed by atoms with Crippen LogP contribution in [0.25, 0.3) is 0 Å². The Hall–Kier alpha value is -1.32. The van der Waals surface area contributed by atoms with Crippen molar-refractivity contribution < 1.29 is 5.11 Å². The van der Waals surface area contributed by atoms with Crippen molar-refractivity contribution in [3.05, 3.63) is 63.1 Å². The molecule has 100 valence electrons. The molecule has 2 rings (SSSR count). The summed E-state index contributed by atoms with van der Waals surface area (Å²) >= 11 is 3.41. The van der Waals surface area contributed by atoms with Crippen LogP contribution in [0.2, 0.25) is 0 Å². The van der Waals surface area contributed by atoms with E-state index in [4.69, 9.17) is 5.73 Å². The van der Waals surface area contributed by atoms with Gasteiger partial charge in [-0.25, -0.2) is 0 Å². The summed E-state index contributed by atoms with van der Waals surface area (Å²) in [7, 11) is 0. The van der Waals surface area contributed by atoms with Crippen molar-refractivity contribution in [2.24, 2.45) is 0 Å². The molecule has 0 amide bonds. The molecular formula is C16H18BrNO. The quantitative estimate of drug-likeness (QED) is 0.842. The maximum Gasteiger partial charge on any atom is 0.0850 e. The lowest BCUT2D eigenvalue weighted by Gasteiger charge is -2.15. The molecule has 0 radical (unpaired) electrons. The van der Waals surface area contributed by atoms with E-state index in [0.29, 0.717) is 12.1 Å². The molecule has 0 saturated carbocycles. The van der Waals surface area contributed by atoms with Crippen LogP contribution >= 0.6 is 15.9 Å². The van der Waals surface area contributed by atoms with E-state index in [-0.39, 0.29) is 0 Å². The molecular weight excluding hydrogens is 302 g/mol. The third-order valence-electron chi connectivity index (χ3n) is 3.12. The number of hydrogen-bond donors (Lipinski definition) is 2. The Bertz CT molecular complexity index is 575. The number of hydrogen-bond acceptors (Lipinski definition) is 2. The zero-order chi connectivity index (χ0) is 14.0. The van der Waals surface area contributed by atoms with E-state index in [0.717, 1.165) is 15.6 Å². The molecule has 0 heterocycles. The molecule has 0 aliphatic carbocycles. The first kappa shape index (κ1) is 14.1. The van der Waals surface area contributed by atoms with Crippen LogP contribution in [0, 0.1) is 13.8 Å². The summed E-state index contributed by atoms with van der Waals surface area (Å²) in [6, 6.07) is 11.9. The summed E-state index contributed by atoms with van der Waals surface area (Å²) in [4.78, 5) is 0. The number of aliphatic hydroxyl groups is 1. The van der Waals surface area contributed by atoms with Crippen molar-refractivity contribution in [2.45, 2.75) is 26.4 Å². The zero-order valence-corrected chi connectivity index (χ0v) is 12.7. The van der Waals surface area contributed by atoms with Gasteiger partial charge in [-0.05, 0) is 37.6 Å². The number of aliphatic hydroxyl groups excluding tert-OH is 1. The Kier molecular flexibility index (Phi) is 4.27. The minimum absolute atomic E-state index is 0.573.